The Bertz CT molecular complexity index is 810. The van der Waals surface area contributed by atoms with Gasteiger partial charge in [0, 0.05) is 15.9 Å². The lowest BCUT2D eigenvalue weighted by Crippen LogP contribution is -1.92. The predicted molar refractivity (Wildman–Crippen MR) is 92.3 cm³/mol. The van der Waals surface area contributed by atoms with E-state index in [-0.39, 0.29) is 0 Å². The van der Waals surface area contributed by atoms with Crippen molar-refractivity contribution in [2.45, 2.75) is 13.3 Å². The van der Waals surface area contributed by atoms with E-state index in [1.165, 1.54) is 0 Å². The van der Waals surface area contributed by atoms with Gasteiger partial charge >= 0.3 is 0 Å². The molecule has 106 valence electrons. The molecule has 0 amide bonds. The van der Waals surface area contributed by atoms with Crippen LogP contribution in [0.25, 0.3) is 10.8 Å². The van der Waals surface area contributed by atoms with Gasteiger partial charge in [-0.2, -0.15) is 0 Å². The molecule has 0 spiro atoms. The number of phenols is 1. The van der Waals surface area contributed by atoms with Gasteiger partial charge in [-0.15, -0.1) is 0 Å². The van der Waals surface area contributed by atoms with Crippen molar-refractivity contribution in [2.24, 2.45) is 0 Å². The van der Waals surface area contributed by atoms with Crippen LogP contribution in [0.1, 0.15) is 16.7 Å². The van der Waals surface area contributed by atoms with Crippen molar-refractivity contribution in [3.8, 4) is 5.75 Å². The maximum atomic E-state index is 10.4. The zero-order valence-corrected chi connectivity index (χ0v) is 13.9. The molecule has 3 aromatic rings. The summed E-state index contributed by atoms with van der Waals surface area (Å²) in [5, 5.41) is 13.4. The summed E-state index contributed by atoms with van der Waals surface area (Å²) in [6.07, 6.45) is 0.687. The maximum absolute atomic E-state index is 10.4. The second kappa shape index (κ2) is 5.70. The van der Waals surface area contributed by atoms with E-state index in [9.17, 15) is 5.11 Å². The van der Waals surface area contributed by atoms with Crippen molar-refractivity contribution < 1.29 is 5.11 Å². The third-order valence-corrected chi connectivity index (χ3v) is 4.46. The Labute approximate surface area is 137 Å². The molecule has 0 bridgehead atoms. The van der Waals surface area contributed by atoms with Crippen molar-refractivity contribution in [3.05, 3.63) is 74.7 Å². The molecule has 0 saturated carbocycles. The standard InChI is InChI=1S/C18H14BrClO/c1-11-17-7-4-15(19)10-13(17)9-14(18(11)21)8-12-2-5-16(20)6-3-12/h2-7,9-10,21H,8H2,1H3. The lowest BCUT2D eigenvalue weighted by molar-refractivity contribution is 0.466. The van der Waals surface area contributed by atoms with E-state index in [0.717, 1.165) is 37.0 Å². The second-order valence-corrected chi connectivity index (χ2v) is 6.53. The van der Waals surface area contributed by atoms with E-state index in [1.54, 1.807) is 0 Å². The number of benzene rings is 3. The summed E-state index contributed by atoms with van der Waals surface area (Å²) >= 11 is 9.41. The number of fused-ring (bicyclic) bond motifs is 1. The van der Waals surface area contributed by atoms with Crippen LogP contribution in [-0.2, 0) is 6.42 Å². The Morgan fingerprint density at radius 3 is 2.48 bits per heavy atom. The van der Waals surface area contributed by atoms with Gasteiger partial charge in [0.1, 0.15) is 5.75 Å². The van der Waals surface area contributed by atoms with Crippen LogP contribution in [-0.4, -0.2) is 5.11 Å². The SMILES string of the molecule is Cc1c(O)c(Cc2ccc(Cl)cc2)cc2cc(Br)ccc12. The van der Waals surface area contributed by atoms with E-state index in [2.05, 4.69) is 28.1 Å². The fourth-order valence-electron chi connectivity index (χ4n) is 2.58. The maximum Gasteiger partial charge on any atom is 0.122 e. The minimum atomic E-state index is 0.375. The molecule has 0 fully saturated rings. The highest BCUT2D eigenvalue weighted by molar-refractivity contribution is 9.10. The number of rotatable bonds is 2. The Morgan fingerprint density at radius 2 is 1.76 bits per heavy atom. The number of aryl methyl sites for hydroxylation is 1. The van der Waals surface area contributed by atoms with Crippen LogP contribution < -0.4 is 0 Å². The normalized spacial score (nSPS) is 11.0. The summed E-state index contributed by atoms with van der Waals surface area (Å²) in [6, 6.07) is 15.9. The predicted octanol–water partition coefficient (Wildman–Crippen LogP) is 5.86. The highest BCUT2D eigenvalue weighted by Gasteiger charge is 2.10. The molecule has 0 heterocycles. The number of hydrogen-bond acceptors (Lipinski definition) is 1. The van der Waals surface area contributed by atoms with Gasteiger partial charge in [-0.05, 0) is 64.7 Å². The van der Waals surface area contributed by atoms with Crippen LogP contribution in [0.3, 0.4) is 0 Å². The molecule has 0 saturated heterocycles. The van der Waals surface area contributed by atoms with Gasteiger partial charge in [0.05, 0.1) is 0 Å². The first kappa shape index (κ1) is 14.4. The highest BCUT2D eigenvalue weighted by atomic mass is 79.9. The monoisotopic (exact) mass is 360 g/mol. The molecule has 0 radical (unpaired) electrons. The zero-order valence-electron chi connectivity index (χ0n) is 11.5. The van der Waals surface area contributed by atoms with Gasteiger partial charge in [0.15, 0.2) is 0 Å². The van der Waals surface area contributed by atoms with Gasteiger partial charge in [-0.1, -0.05) is 45.7 Å². The molecular formula is C18H14BrClO. The summed E-state index contributed by atoms with van der Waals surface area (Å²) in [4.78, 5) is 0. The number of halogens is 2. The van der Waals surface area contributed by atoms with Crippen molar-refractivity contribution >= 4 is 38.3 Å². The molecule has 0 aliphatic carbocycles. The topological polar surface area (TPSA) is 20.2 Å². The first-order valence-electron chi connectivity index (χ1n) is 6.70. The lowest BCUT2D eigenvalue weighted by atomic mass is 9.96. The van der Waals surface area contributed by atoms with Crippen molar-refractivity contribution in [2.75, 3.05) is 0 Å². The number of phenolic OH excluding ortho intramolecular Hbond substituents is 1. The first-order valence-corrected chi connectivity index (χ1v) is 7.87. The van der Waals surface area contributed by atoms with Gasteiger partial charge in [0.2, 0.25) is 0 Å². The summed E-state index contributed by atoms with van der Waals surface area (Å²) in [6.45, 7) is 1.96. The van der Waals surface area contributed by atoms with Crippen molar-refractivity contribution in [1.29, 1.82) is 0 Å². The average Bonchev–Trinajstić information content (AvgIpc) is 2.46. The largest absolute Gasteiger partial charge is 0.507 e. The molecule has 0 aromatic heterocycles. The molecule has 0 atom stereocenters. The van der Waals surface area contributed by atoms with Gasteiger partial charge in [-0.3, -0.25) is 0 Å². The van der Waals surface area contributed by atoms with Gasteiger partial charge in [0.25, 0.3) is 0 Å². The van der Waals surface area contributed by atoms with Crippen LogP contribution in [0.15, 0.2) is 53.0 Å². The van der Waals surface area contributed by atoms with Crippen LogP contribution in [0.4, 0.5) is 0 Å². The van der Waals surface area contributed by atoms with Crippen LogP contribution in [0.5, 0.6) is 5.75 Å². The van der Waals surface area contributed by atoms with Gasteiger partial charge in [-0.25, -0.2) is 0 Å². The first-order chi connectivity index (χ1) is 10.0. The van der Waals surface area contributed by atoms with E-state index < -0.39 is 0 Å². The minimum absolute atomic E-state index is 0.375. The third-order valence-electron chi connectivity index (χ3n) is 3.71. The molecule has 3 heteroatoms. The van der Waals surface area contributed by atoms with Crippen molar-refractivity contribution in [3.63, 3.8) is 0 Å². The molecule has 0 aliphatic rings. The van der Waals surface area contributed by atoms with Crippen LogP contribution in [0.2, 0.25) is 5.02 Å². The quantitative estimate of drug-likeness (QED) is 0.606. The summed E-state index contributed by atoms with van der Waals surface area (Å²) in [5.74, 6) is 0.375. The average molecular weight is 362 g/mol. The fraction of sp³-hybridized carbons (Fsp3) is 0.111. The number of aromatic hydroxyl groups is 1. The van der Waals surface area contributed by atoms with E-state index in [1.807, 2.05) is 43.3 Å². The molecular weight excluding hydrogens is 348 g/mol. The Morgan fingerprint density at radius 1 is 1.05 bits per heavy atom. The fourth-order valence-corrected chi connectivity index (χ4v) is 3.08. The Kier molecular flexibility index (Phi) is 3.92. The zero-order chi connectivity index (χ0) is 15.0. The van der Waals surface area contributed by atoms with E-state index in [0.29, 0.717) is 12.2 Å². The third kappa shape index (κ3) is 2.92. The molecule has 21 heavy (non-hydrogen) atoms. The Balaban J connectivity index is 2.09. The van der Waals surface area contributed by atoms with Crippen LogP contribution >= 0.6 is 27.5 Å². The minimum Gasteiger partial charge on any atom is -0.507 e. The molecule has 3 rings (SSSR count). The molecule has 0 aliphatic heterocycles. The number of hydrogen-bond donors (Lipinski definition) is 1. The van der Waals surface area contributed by atoms with Crippen LogP contribution in [0, 0.1) is 6.92 Å². The van der Waals surface area contributed by atoms with Gasteiger partial charge < -0.3 is 5.11 Å². The summed E-state index contributed by atoms with van der Waals surface area (Å²) in [5.41, 5.74) is 2.98. The Hall–Kier alpha value is -1.51. The van der Waals surface area contributed by atoms with E-state index in [4.69, 9.17) is 11.6 Å². The second-order valence-electron chi connectivity index (χ2n) is 5.18. The molecule has 0 unspecified atom stereocenters. The molecule has 1 nitrogen and oxygen atoms in total. The summed E-state index contributed by atoms with van der Waals surface area (Å²) < 4.78 is 1.04. The summed E-state index contributed by atoms with van der Waals surface area (Å²) in [7, 11) is 0. The lowest BCUT2D eigenvalue weighted by Gasteiger charge is -2.12. The molecule has 1 N–H and O–H groups in total. The smallest absolute Gasteiger partial charge is 0.122 e. The molecule has 3 aromatic carbocycles. The van der Waals surface area contributed by atoms with E-state index >= 15 is 0 Å². The highest BCUT2D eigenvalue weighted by Crippen LogP contribution is 2.33. The van der Waals surface area contributed by atoms with Crippen molar-refractivity contribution in [1.82, 2.24) is 0 Å².